The van der Waals surface area contributed by atoms with E-state index in [1.807, 2.05) is 0 Å². The van der Waals surface area contributed by atoms with E-state index in [2.05, 4.69) is 26.1 Å². The largest absolute Gasteiger partial charge is 0.374 e. The number of ether oxygens (including phenoxy) is 1. The highest BCUT2D eigenvalue weighted by Gasteiger charge is 2.32. The monoisotopic (exact) mass is 225 g/mol. The Labute approximate surface area is 100 Å². The van der Waals surface area contributed by atoms with E-state index < -0.39 is 0 Å². The van der Waals surface area contributed by atoms with E-state index in [4.69, 9.17) is 4.74 Å². The Hall–Kier alpha value is -0.0800. The molecule has 1 aliphatic carbocycles. The number of rotatable bonds is 3. The lowest BCUT2D eigenvalue weighted by Gasteiger charge is -2.35. The summed E-state index contributed by atoms with van der Waals surface area (Å²) in [6.45, 7) is 9.02. The summed E-state index contributed by atoms with van der Waals surface area (Å²) in [4.78, 5) is 0. The van der Waals surface area contributed by atoms with Crippen LogP contribution in [-0.4, -0.2) is 24.8 Å². The van der Waals surface area contributed by atoms with Gasteiger partial charge < -0.3 is 10.1 Å². The van der Waals surface area contributed by atoms with Crippen LogP contribution in [0.5, 0.6) is 0 Å². The fraction of sp³-hybridized carbons (Fsp3) is 1.00. The van der Waals surface area contributed by atoms with Crippen molar-refractivity contribution in [2.45, 2.75) is 64.5 Å². The van der Waals surface area contributed by atoms with E-state index in [1.165, 1.54) is 32.1 Å². The van der Waals surface area contributed by atoms with Crippen LogP contribution >= 0.6 is 0 Å². The maximum atomic E-state index is 5.83. The van der Waals surface area contributed by atoms with Crippen molar-refractivity contribution < 1.29 is 4.74 Å². The summed E-state index contributed by atoms with van der Waals surface area (Å²) in [7, 11) is 0. The van der Waals surface area contributed by atoms with Gasteiger partial charge in [0.1, 0.15) is 0 Å². The van der Waals surface area contributed by atoms with Crippen LogP contribution in [0.1, 0.15) is 52.9 Å². The van der Waals surface area contributed by atoms with Crippen LogP contribution in [0.25, 0.3) is 0 Å². The van der Waals surface area contributed by atoms with Crippen molar-refractivity contribution >= 4 is 0 Å². The lowest BCUT2D eigenvalue weighted by molar-refractivity contribution is 0.0154. The van der Waals surface area contributed by atoms with Crippen molar-refractivity contribution in [2.75, 3.05) is 13.2 Å². The van der Waals surface area contributed by atoms with Gasteiger partial charge in [-0.1, -0.05) is 13.8 Å². The minimum Gasteiger partial charge on any atom is -0.374 e. The predicted molar refractivity (Wildman–Crippen MR) is 67.6 cm³/mol. The highest BCUT2D eigenvalue weighted by Crippen LogP contribution is 2.30. The lowest BCUT2D eigenvalue weighted by Crippen LogP contribution is -2.46. The average Bonchev–Trinajstić information content (AvgIpc) is 2.64. The number of hydrogen-bond donors (Lipinski definition) is 1. The zero-order chi connectivity index (χ0) is 11.6. The molecule has 2 nitrogen and oxygen atoms in total. The van der Waals surface area contributed by atoms with Gasteiger partial charge in [-0.15, -0.1) is 0 Å². The molecule has 1 saturated carbocycles. The van der Waals surface area contributed by atoms with Crippen LogP contribution in [0.2, 0.25) is 0 Å². The van der Waals surface area contributed by atoms with Crippen molar-refractivity contribution in [3.05, 3.63) is 0 Å². The van der Waals surface area contributed by atoms with E-state index in [0.29, 0.717) is 0 Å². The Balaban J connectivity index is 1.77. The van der Waals surface area contributed by atoms with Crippen LogP contribution < -0.4 is 5.32 Å². The van der Waals surface area contributed by atoms with Crippen LogP contribution in [0, 0.1) is 11.8 Å². The van der Waals surface area contributed by atoms with Gasteiger partial charge in [-0.2, -0.15) is 0 Å². The van der Waals surface area contributed by atoms with Gasteiger partial charge in [-0.25, -0.2) is 0 Å². The number of nitrogens with one attached hydrogen (secondary N) is 1. The Morgan fingerprint density at radius 1 is 1.31 bits per heavy atom. The third-order valence-electron chi connectivity index (χ3n) is 4.47. The van der Waals surface area contributed by atoms with Gasteiger partial charge in [0.05, 0.1) is 5.60 Å². The molecule has 2 heteroatoms. The molecule has 0 amide bonds. The van der Waals surface area contributed by atoms with Crippen molar-refractivity contribution in [1.82, 2.24) is 5.32 Å². The smallest absolute Gasteiger partial charge is 0.0779 e. The summed E-state index contributed by atoms with van der Waals surface area (Å²) >= 11 is 0. The van der Waals surface area contributed by atoms with E-state index in [9.17, 15) is 0 Å². The zero-order valence-corrected chi connectivity index (χ0v) is 11.1. The van der Waals surface area contributed by atoms with E-state index in [0.717, 1.165) is 31.0 Å². The van der Waals surface area contributed by atoms with Crippen LogP contribution in [-0.2, 0) is 4.74 Å². The third kappa shape index (κ3) is 2.98. The maximum absolute atomic E-state index is 5.83. The normalized spacial score (nSPS) is 44.8. The minimum atomic E-state index is 0.114. The van der Waals surface area contributed by atoms with Gasteiger partial charge in [0, 0.05) is 19.2 Å². The van der Waals surface area contributed by atoms with Crippen LogP contribution in [0.15, 0.2) is 0 Å². The number of hydrogen-bond acceptors (Lipinski definition) is 2. The molecule has 2 aliphatic rings. The average molecular weight is 225 g/mol. The molecule has 0 spiro atoms. The highest BCUT2D eigenvalue weighted by molar-refractivity contribution is 4.87. The van der Waals surface area contributed by atoms with Crippen molar-refractivity contribution in [3.63, 3.8) is 0 Å². The van der Waals surface area contributed by atoms with Gasteiger partial charge in [-0.05, 0) is 50.9 Å². The molecule has 0 aromatic rings. The molecule has 2 rings (SSSR count). The molecule has 0 aromatic heterocycles. The Bertz CT molecular complexity index is 223. The molecule has 0 radical (unpaired) electrons. The topological polar surface area (TPSA) is 21.3 Å². The molecule has 0 bridgehead atoms. The molecule has 4 unspecified atom stereocenters. The van der Waals surface area contributed by atoms with Crippen LogP contribution in [0.3, 0.4) is 0 Å². The van der Waals surface area contributed by atoms with E-state index >= 15 is 0 Å². The summed E-state index contributed by atoms with van der Waals surface area (Å²) < 4.78 is 5.83. The Morgan fingerprint density at radius 3 is 2.75 bits per heavy atom. The van der Waals surface area contributed by atoms with Gasteiger partial charge >= 0.3 is 0 Å². The van der Waals surface area contributed by atoms with Crippen molar-refractivity contribution in [1.29, 1.82) is 0 Å². The summed E-state index contributed by atoms with van der Waals surface area (Å²) in [5, 5.41) is 3.75. The fourth-order valence-corrected chi connectivity index (χ4v) is 3.29. The Kier molecular flexibility index (Phi) is 3.91. The molecule has 1 N–H and O–H groups in total. The standard InChI is InChI=1S/C14H27NO/c1-11-5-6-13(12(2)9-11)15-10-14(3)7-4-8-16-14/h11-13,15H,4-10H2,1-3H3. The fourth-order valence-electron chi connectivity index (χ4n) is 3.29. The van der Waals surface area contributed by atoms with E-state index in [1.54, 1.807) is 0 Å². The molecule has 1 aliphatic heterocycles. The SMILES string of the molecule is CC1CCC(NCC2(C)CCCO2)C(C)C1. The first-order valence-electron chi connectivity index (χ1n) is 6.96. The predicted octanol–water partition coefficient (Wildman–Crippen LogP) is 2.97. The van der Waals surface area contributed by atoms with Gasteiger partial charge in [-0.3, -0.25) is 0 Å². The second-order valence-corrected chi connectivity index (χ2v) is 6.28. The first-order valence-corrected chi connectivity index (χ1v) is 6.96. The molecule has 4 atom stereocenters. The first kappa shape index (κ1) is 12.4. The maximum Gasteiger partial charge on any atom is 0.0779 e. The molecular weight excluding hydrogens is 198 g/mol. The molecule has 1 saturated heterocycles. The highest BCUT2D eigenvalue weighted by atomic mass is 16.5. The zero-order valence-electron chi connectivity index (χ0n) is 11.1. The summed E-state index contributed by atoms with van der Waals surface area (Å²) in [6, 6.07) is 0.720. The Morgan fingerprint density at radius 2 is 2.12 bits per heavy atom. The molecule has 94 valence electrons. The quantitative estimate of drug-likeness (QED) is 0.797. The first-order chi connectivity index (χ1) is 7.59. The molecule has 2 fully saturated rings. The van der Waals surface area contributed by atoms with Gasteiger partial charge in [0.15, 0.2) is 0 Å². The second kappa shape index (κ2) is 5.05. The molecule has 0 aromatic carbocycles. The van der Waals surface area contributed by atoms with Gasteiger partial charge in [0.2, 0.25) is 0 Å². The van der Waals surface area contributed by atoms with Crippen LogP contribution in [0.4, 0.5) is 0 Å². The molecule has 16 heavy (non-hydrogen) atoms. The van der Waals surface area contributed by atoms with Crippen molar-refractivity contribution in [3.8, 4) is 0 Å². The minimum absolute atomic E-state index is 0.114. The summed E-state index contributed by atoms with van der Waals surface area (Å²) in [5.74, 6) is 1.75. The molecule has 1 heterocycles. The van der Waals surface area contributed by atoms with Crippen molar-refractivity contribution in [2.24, 2.45) is 11.8 Å². The second-order valence-electron chi connectivity index (χ2n) is 6.28. The lowest BCUT2D eigenvalue weighted by atomic mass is 9.79. The summed E-state index contributed by atoms with van der Waals surface area (Å²) in [6.07, 6.45) is 6.57. The molecular formula is C14H27NO. The van der Waals surface area contributed by atoms with E-state index in [-0.39, 0.29) is 5.60 Å². The summed E-state index contributed by atoms with van der Waals surface area (Å²) in [5.41, 5.74) is 0.114. The van der Waals surface area contributed by atoms with Gasteiger partial charge in [0.25, 0.3) is 0 Å². The third-order valence-corrected chi connectivity index (χ3v) is 4.47.